The van der Waals surface area contributed by atoms with Crippen molar-refractivity contribution in [2.45, 2.75) is 40.6 Å². The summed E-state index contributed by atoms with van der Waals surface area (Å²) < 4.78 is 56.4. The molecule has 11 heteroatoms. The highest BCUT2D eigenvalue weighted by molar-refractivity contribution is 6.05. The summed E-state index contributed by atoms with van der Waals surface area (Å²) in [5.41, 5.74) is 4.43. The van der Waals surface area contributed by atoms with Crippen molar-refractivity contribution in [2.75, 3.05) is 23.7 Å². The molecule has 0 spiro atoms. The Labute approximate surface area is 241 Å². The number of aromatic nitrogens is 2. The number of hydrogen-bond donors (Lipinski definition) is 2. The zero-order chi connectivity index (χ0) is 30.4. The highest BCUT2D eigenvalue weighted by Crippen LogP contribution is 2.29. The highest BCUT2D eigenvalue weighted by atomic mass is 19.4. The first-order valence-corrected chi connectivity index (χ1v) is 13.3. The van der Waals surface area contributed by atoms with E-state index in [-0.39, 0.29) is 22.9 Å². The van der Waals surface area contributed by atoms with Crippen LogP contribution in [0.5, 0.6) is 5.75 Å². The van der Waals surface area contributed by atoms with E-state index in [1.807, 2.05) is 25.1 Å². The molecule has 0 bridgehead atoms. The van der Waals surface area contributed by atoms with Crippen molar-refractivity contribution in [1.29, 1.82) is 0 Å². The number of amides is 1. The van der Waals surface area contributed by atoms with E-state index in [0.717, 1.165) is 36.8 Å². The van der Waals surface area contributed by atoms with Crippen molar-refractivity contribution in [1.82, 2.24) is 14.9 Å². The molecular formula is C31H31F4N5O2. The molecule has 0 radical (unpaired) electrons. The molecule has 0 fully saturated rings. The molecule has 3 aromatic carbocycles. The summed E-state index contributed by atoms with van der Waals surface area (Å²) in [6.45, 7) is 10.4. The Bertz CT molecular complexity index is 1550. The summed E-state index contributed by atoms with van der Waals surface area (Å²) in [5.74, 6) is -1.42. The summed E-state index contributed by atoms with van der Waals surface area (Å²) in [5, 5.41) is 5.69. The second-order valence-electron chi connectivity index (χ2n) is 9.68. The Kier molecular flexibility index (Phi) is 9.41. The third kappa shape index (κ3) is 7.82. The maximum Gasteiger partial charge on any atom is 0.573 e. The fourth-order valence-corrected chi connectivity index (χ4v) is 4.29. The van der Waals surface area contributed by atoms with Crippen molar-refractivity contribution < 1.29 is 27.1 Å². The average Bonchev–Trinajstić information content (AvgIpc) is 2.95. The van der Waals surface area contributed by atoms with Gasteiger partial charge in [0, 0.05) is 29.6 Å². The Morgan fingerprint density at radius 3 is 2.29 bits per heavy atom. The van der Waals surface area contributed by atoms with Gasteiger partial charge >= 0.3 is 6.36 Å². The predicted molar refractivity (Wildman–Crippen MR) is 154 cm³/mol. The van der Waals surface area contributed by atoms with Gasteiger partial charge < -0.3 is 15.4 Å². The van der Waals surface area contributed by atoms with Crippen LogP contribution in [0.3, 0.4) is 0 Å². The summed E-state index contributed by atoms with van der Waals surface area (Å²) >= 11 is 0. The molecule has 1 aromatic heterocycles. The van der Waals surface area contributed by atoms with Gasteiger partial charge in [-0.1, -0.05) is 26.0 Å². The molecular weight excluding hydrogens is 550 g/mol. The normalized spacial score (nSPS) is 11.5. The first-order valence-electron chi connectivity index (χ1n) is 13.3. The first kappa shape index (κ1) is 30.4. The van der Waals surface area contributed by atoms with Gasteiger partial charge in [-0.15, -0.1) is 13.2 Å². The van der Waals surface area contributed by atoms with Gasteiger partial charge in [0.05, 0.1) is 11.4 Å². The molecule has 4 rings (SSSR count). The maximum atomic E-state index is 15.1. The number of carbonyl (C=O) groups excluding carboxylic acids is 1. The van der Waals surface area contributed by atoms with Crippen LogP contribution in [-0.4, -0.2) is 40.2 Å². The second-order valence-corrected chi connectivity index (χ2v) is 9.68. The summed E-state index contributed by atoms with van der Waals surface area (Å²) in [4.78, 5) is 23.8. The first-order chi connectivity index (χ1) is 20.0. The minimum absolute atomic E-state index is 0.0488. The third-order valence-corrected chi connectivity index (χ3v) is 6.66. The van der Waals surface area contributed by atoms with E-state index in [0.29, 0.717) is 22.5 Å². The number of benzene rings is 3. The number of halogens is 4. The summed E-state index contributed by atoms with van der Waals surface area (Å²) in [6.07, 6.45) is -3.28. The smallest absolute Gasteiger partial charge is 0.406 e. The molecule has 4 aromatic rings. The van der Waals surface area contributed by atoms with E-state index >= 15 is 4.39 Å². The van der Waals surface area contributed by atoms with E-state index in [9.17, 15) is 18.0 Å². The van der Waals surface area contributed by atoms with Crippen LogP contribution in [0.25, 0.3) is 11.3 Å². The molecule has 0 aliphatic carbocycles. The number of aryl methyl sites for hydroxylation is 2. The van der Waals surface area contributed by atoms with Crippen molar-refractivity contribution in [3.05, 3.63) is 94.9 Å². The number of anilines is 3. The second kappa shape index (κ2) is 13.0. The van der Waals surface area contributed by atoms with Crippen LogP contribution in [0.15, 0.2) is 66.9 Å². The summed E-state index contributed by atoms with van der Waals surface area (Å²) in [7, 11) is 0. The molecule has 0 unspecified atom stereocenters. The Hall–Kier alpha value is -4.51. The lowest BCUT2D eigenvalue weighted by Gasteiger charge is -2.19. The van der Waals surface area contributed by atoms with E-state index in [2.05, 4.69) is 44.1 Å². The van der Waals surface area contributed by atoms with Crippen LogP contribution in [-0.2, 0) is 6.54 Å². The molecule has 220 valence electrons. The van der Waals surface area contributed by atoms with Gasteiger partial charge in [0.15, 0.2) is 0 Å². The lowest BCUT2D eigenvalue weighted by molar-refractivity contribution is -0.274. The number of nitrogens with one attached hydrogen (secondary N) is 2. The molecule has 2 N–H and O–H groups in total. The van der Waals surface area contributed by atoms with Gasteiger partial charge in [-0.3, -0.25) is 9.69 Å². The zero-order valence-corrected chi connectivity index (χ0v) is 23.6. The molecule has 0 saturated carbocycles. The van der Waals surface area contributed by atoms with Gasteiger partial charge in [0.25, 0.3) is 5.91 Å². The van der Waals surface area contributed by atoms with Crippen molar-refractivity contribution >= 4 is 23.2 Å². The Morgan fingerprint density at radius 2 is 1.64 bits per heavy atom. The standard InChI is InChI=1S/C31H31F4N5O2/c1-5-40(6-2)18-21-8-7-19(3)27(15-21)37-29(41)23-11-14-26(25(32)16-23)38-30-36-17-20(4)28(39-30)22-9-12-24(13-10-22)42-31(33,34)35/h7-17H,5-6,18H2,1-4H3,(H,37,41)(H,36,38,39). The maximum absolute atomic E-state index is 15.1. The van der Waals surface area contributed by atoms with Crippen LogP contribution >= 0.6 is 0 Å². The van der Waals surface area contributed by atoms with Crippen molar-refractivity contribution in [3.8, 4) is 17.0 Å². The molecule has 1 heterocycles. The monoisotopic (exact) mass is 581 g/mol. The number of rotatable bonds is 10. The average molecular weight is 582 g/mol. The molecule has 42 heavy (non-hydrogen) atoms. The Morgan fingerprint density at radius 1 is 0.929 bits per heavy atom. The predicted octanol–water partition coefficient (Wildman–Crippen LogP) is 7.64. The van der Waals surface area contributed by atoms with Gasteiger partial charge in [-0.2, -0.15) is 0 Å². The third-order valence-electron chi connectivity index (χ3n) is 6.66. The fraction of sp³-hybridized carbons (Fsp3) is 0.258. The zero-order valence-electron chi connectivity index (χ0n) is 23.6. The molecule has 7 nitrogen and oxygen atoms in total. The van der Waals surface area contributed by atoms with Crippen LogP contribution < -0.4 is 15.4 Å². The summed E-state index contributed by atoms with van der Waals surface area (Å²) in [6, 6.07) is 15.2. The van der Waals surface area contributed by atoms with Gasteiger partial charge in [0.1, 0.15) is 11.6 Å². The topological polar surface area (TPSA) is 79.4 Å². The van der Waals surface area contributed by atoms with Crippen molar-refractivity contribution in [3.63, 3.8) is 0 Å². The van der Waals surface area contributed by atoms with E-state index in [1.54, 1.807) is 6.92 Å². The SMILES string of the molecule is CCN(CC)Cc1ccc(C)c(NC(=O)c2ccc(Nc3ncc(C)c(-c4ccc(OC(F)(F)F)cc4)n3)c(F)c2)c1. The van der Waals surface area contributed by atoms with E-state index in [4.69, 9.17) is 0 Å². The molecule has 0 saturated heterocycles. The highest BCUT2D eigenvalue weighted by Gasteiger charge is 2.31. The molecule has 0 aliphatic heterocycles. The van der Waals surface area contributed by atoms with Gasteiger partial charge in [-0.05, 0) is 92.2 Å². The minimum atomic E-state index is -4.79. The van der Waals surface area contributed by atoms with Gasteiger partial charge in [0.2, 0.25) is 5.95 Å². The number of hydrogen-bond acceptors (Lipinski definition) is 6. The van der Waals surface area contributed by atoms with Crippen LogP contribution in [0.4, 0.5) is 34.9 Å². The van der Waals surface area contributed by atoms with E-state index in [1.165, 1.54) is 42.6 Å². The minimum Gasteiger partial charge on any atom is -0.406 e. The number of carbonyl (C=O) groups is 1. The quantitative estimate of drug-likeness (QED) is 0.188. The molecule has 1 amide bonds. The molecule has 0 atom stereocenters. The lowest BCUT2D eigenvalue weighted by atomic mass is 10.1. The van der Waals surface area contributed by atoms with Crippen molar-refractivity contribution in [2.24, 2.45) is 0 Å². The number of alkyl halides is 3. The number of ether oxygens (including phenoxy) is 1. The number of nitrogens with zero attached hydrogens (tertiary/aromatic N) is 3. The Balaban J connectivity index is 1.48. The fourth-order valence-electron chi connectivity index (χ4n) is 4.29. The van der Waals surface area contributed by atoms with E-state index < -0.39 is 18.1 Å². The van der Waals surface area contributed by atoms with Gasteiger partial charge in [-0.25, -0.2) is 14.4 Å². The lowest BCUT2D eigenvalue weighted by Crippen LogP contribution is -2.22. The molecule has 0 aliphatic rings. The largest absolute Gasteiger partial charge is 0.573 e. The van der Waals surface area contributed by atoms with Crippen LogP contribution in [0, 0.1) is 19.7 Å². The van der Waals surface area contributed by atoms with Crippen LogP contribution in [0.2, 0.25) is 0 Å². The van der Waals surface area contributed by atoms with Crippen LogP contribution in [0.1, 0.15) is 40.9 Å².